The number of imidazole rings is 1. The van der Waals surface area contributed by atoms with E-state index in [1.54, 1.807) is 0 Å². The summed E-state index contributed by atoms with van der Waals surface area (Å²) in [7, 11) is 0. The fourth-order valence-corrected chi connectivity index (χ4v) is 1.22. The lowest BCUT2D eigenvalue weighted by molar-refractivity contribution is -0.389. The first-order valence-electron chi connectivity index (χ1n) is 4.20. The Hall–Kier alpha value is -1.18. The molecule has 0 aliphatic carbocycles. The van der Waals surface area contributed by atoms with E-state index in [9.17, 15) is 10.1 Å². The van der Waals surface area contributed by atoms with Crippen LogP contribution in [0, 0.1) is 10.1 Å². The third kappa shape index (κ3) is 3.15. The van der Waals surface area contributed by atoms with Gasteiger partial charge in [-0.15, -0.1) is 0 Å². The maximum atomic E-state index is 10.3. The molecule has 0 saturated heterocycles. The van der Waals surface area contributed by atoms with Crippen LogP contribution in [0.1, 0.15) is 6.42 Å². The smallest absolute Gasteiger partial charge is 0.383 e. The van der Waals surface area contributed by atoms with Gasteiger partial charge < -0.3 is 20.3 Å². The van der Waals surface area contributed by atoms with Gasteiger partial charge in [-0.05, 0) is 27.9 Å². The number of hydrogen-bond donors (Lipinski definition) is 2. The van der Waals surface area contributed by atoms with Gasteiger partial charge in [0.15, 0.2) is 0 Å². The fraction of sp³-hybridized carbons (Fsp3) is 0.571. The molecular weight excluding hydrogens is 226 g/mol. The summed E-state index contributed by atoms with van der Waals surface area (Å²) in [5.41, 5.74) is 0. The largest absolute Gasteiger partial charge is 0.394 e. The Labute approximate surface area is 90.1 Å². The molecule has 84 valence electrons. The van der Waals surface area contributed by atoms with Crippen LogP contribution in [0.3, 0.4) is 0 Å². The first-order valence-corrected chi connectivity index (χ1v) is 4.58. The monoisotopic (exact) mass is 235 g/mol. The van der Waals surface area contributed by atoms with Crippen LogP contribution in [-0.2, 0) is 6.54 Å². The van der Waals surface area contributed by atoms with Crippen molar-refractivity contribution in [1.29, 1.82) is 0 Å². The second-order valence-electron chi connectivity index (χ2n) is 2.94. The van der Waals surface area contributed by atoms with Crippen molar-refractivity contribution in [3.05, 3.63) is 21.6 Å². The van der Waals surface area contributed by atoms with E-state index in [4.69, 9.17) is 21.8 Å². The molecule has 1 aromatic rings. The molecule has 0 saturated carbocycles. The summed E-state index contributed by atoms with van der Waals surface area (Å²) in [5.74, 6) is -0.335. The molecule has 0 radical (unpaired) electrons. The number of aryl methyl sites for hydroxylation is 1. The summed E-state index contributed by atoms with van der Waals surface area (Å²) >= 11 is 5.62. The summed E-state index contributed by atoms with van der Waals surface area (Å²) in [6, 6.07) is 0. The Morgan fingerprint density at radius 3 is 2.87 bits per heavy atom. The summed E-state index contributed by atoms with van der Waals surface area (Å²) in [6.45, 7) is -0.0875. The minimum absolute atomic E-state index is 0.00756. The molecule has 15 heavy (non-hydrogen) atoms. The summed E-state index contributed by atoms with van der Waals surface area (Å²) in [4.78, 5) is 13.2. The van der Waals surface area contributed by atoms with E-state index in [0.717, 1.165) is 0 Å². The minimum Gasteiger partial charge on any atom is -0.394 e. The predicted octanol–water partition coefficient (Wildman–Crippen LogP) is 0.188. The second-order valence-corrected chi connectivity index (χ2v) is 3.28. The molecule has 0 amide bonds. The lowest BCUT2D eigenvalue weighted by Crippen LogP contribution is -2.14. The molecular formula is C7H10ClN3O4. The van der Waals surface area contributed by atoms with Crippen molar-refractivity contribution in [2.24, 2.45) is 0 Å². The third-order valence-electron chi connectivity index (χ3n) is 1.82. The second kappa shape index (κ2) is 5.06. The molecule has 0 aliphatic heterocycles. The predicted molar refractivity (Wildman–Crippen MR) is 51.6 cm³/mol. The van der Waals surface area contributed by atoms with Crippen molar-refractivity contribution in [2.45, 2.75) is 19.1 Å². The first kappa shape index (κ1) is 11.9. The molecule has 0 unspecified atom stereocenters. The van der Waals surface area contributed by atoms with E-state index < -0.39 is 11.0 Å². The van der Waals surface area contributed by atoms with Gasteiger partial charge in [0.1, 0.15) is 6.20 Å². The molecule has 1 atom stereocenters. The number of halogens is 1. The van der Waals surface area contributed by atoms with Crippen molar-refractivity contribution in [3.8, 4) is 0 Å². The zero-order valence-corrected chi connectivity index (χ0v) is 8.46. The van der Waals surface area contributed by atoms with Crippen molar-refractivity contribution >= 4 is 17.4 Å². The van der Waals surface area contributed by atoms with E-state index in [1.807, 2.05) is 0 Å². The fourth-order valence-electron chi connectivity index (χ4n) is 1.00. The molecule has 1 heterocycles. The highest BCUT2D eigenvalue weighted by Crippen LogP contribution is 2.15. The summed E-state index contributed by atoms with van der Waals surface area (Å²) in [6.07, 6.45) is 0.582. The quantitative estimate of drug-likeness (QED) is 0.560. The molecule has 0 aromatic carbocycles. The normalized spacial score (nSPS) is 12.7. The first-order chi connectivity index (χ1) is 7.04. The average molecular weight is 236 g/mol. The van der Waals surface area contributed by atoms with Crippen LogP contribution in [0.4, 0.5) is 5.82 Å². The molecule has 0 fully saturated rings. The average Bonchev–Trinajstić information content (AvgIpc) is 2.56. The highest BCUT2D eigenvalue weighted by atomic mass is 35.5. The molecule has 7 nitrogen and oxygen atoms in total. The van der Waals surface area contributed by atoms with Crippen molar-refractivity contribution in [1.82, 2.24) is 9.55 Å². The Kier molecular flexibility index (Phi) is 4.01. The van der Waals surface area contributed by atoms with Crippen LogP contribution in [0.25, 0.3) is 0 Å². The van der Waals surface area contributed by atoms with E-state index in [1.165, 1.54) is 10.8 Å². The van der Waals surface area contributed by atoms with Gasteiger partial charge in [0.05, 0.1) is 12.7 Å². The van der Waals surface area contributed by atoms with Crippen LogP contribution >= 0.6 is 11.6 Å². The molecule has 0 bridgehead atoms. The number of aromatic nitrogens is 2. The van der Waals surface area contributed by atoms with E-state index in [0.29, 0.717) is 0 Å². The summed E-state index contributed by atoms with van der Waals surface area (Å²) in [5, 5.41) is 28.0. The maximum Gasteiger partial charge on any atom is 0.383 e. The number of aliphatic hydroxyl groups is 2. The Balaban J connectivity index is 2.65. The topological polar surface area (TPSA) is 101 Å². The molecule has 8 heteroatoms. The van der Waals surface area contributed by atoms with Gasteiger partial charge in [-0.2, -0.15) is 0 Å². The van der Waals surface area contributed by atoms with Gasteiger partial charge >= 0.3 is 11.1 Å². The zero-order valence-electron chi connectivity index (χ0n) is 7.71. The SMILES string of the molecule is O=[N+]([O-])c1cn(CC[C@H](O)CO)c(Cl)n1. The molecule has 1 rings (SSSR count). The Morgan fingerprint density at radius 1 is 1.73 bits per heavy atom. The van der Waals surface area contributed by atoms with E-state index >= 15 is 0 Å². The van der Waals surface area contributed by atoms with E-state index in [2.05, 4.69) is 4.98 Å². The van der Waals surface area contributed by atoms with Crippen LogP contribution in [-0.4, -0.2) is 37.4 Å². The number of rotatable bonds is 5. The highest BCUT2D eigenvalue weighted by Gasteiger charge is 2.17. The van der Waals surface area contributed by atoms with Crippen LogP contribution in [0.2, 0.25) is 5.28 Å². The van der Waals surface area contributed by atoms with Crippen molar-refractivity contribution in [2.75, 3.05) is 6.61 Å². The highest BCUT2D eigenvalue weighted by molar-refractivity contribution is 6.28. The lowest BCUT2D eigenvalue weighted by atomic mass is 10.3. The third-order valence-corrected chi connectivity index (χ3v) is 2.12. The lowest BCUT2D eigenvalue weighted by Gasteiger charge is -2.06. The molecule has 0 spiro atoms. The van der Waals surface area contributed by atoms with Gasteiger partial charge in [0.2, 0.25) is 0 Å². The Bertz CT molecular complexity index is 354. The Morgan fingerprint density at radius 2 is 2.40 bits per heavy atom. The maximum absolute atomic E-state index is 10.3. The number of nitro groups is 1. The minimum atomic E-state index is -0.859. The van der Waals surface area contributed by atoms with Gasteiger partial charge in [0, 0.05) is 6.54 Å². The van der Waals surface area contributed by atoms with Crippen LogP contribution in [0.5, 0.6) is 0 Å². The molecule has 0 aliphatic rings. The van der Waals surface area contributed by atoms with Gasteiger partial charge in [-0.3, -0.25) is 4.57 Å². The molecule has 1 aromatic heterocycles. The van der Waals surface area contributed by atoms with E-state index in [-0.39, 0.29) is 30.7 Å². The standard InChI is InChI=1S/C7H10ClN3O4/c8-7-9-6(11(14)15)3-10(7)2-1-5(13)4-12/h3,5,12-13H,1-2,4H2/t5-/m0/s1. The van der Waals surface area contributed by atoms with Gasteiger partial charge in [-0.25, -0.2) is 0 Å². The summed E-state index contributed by atoms with van der Waals surface area (Å²) < 4.78 is 1.35. The number of nitrogens with zero attached hydrogens (tertiary/aromatic N) is 3. The van der Waals surface area contributed by atoms with Crippen molar-refractivity contribution < 1.29 is 15.1 Å². The molecule has 2 N–H and O–H groups in total. The van der Waals surface area contributed by atoms with Gasteiger partial charge in [0.25, 0.3) is 0 Å². The zero-order chi connectivity index (χ0) is 11.4. The number of aliphatic hydroxyl groups excluding tert-OH is 2. The number of hydrogen-bond acceptors (Lipinski definition) is 5. The van der Waals surface area contributed by atoms with Crippen LogP contribution < -0.4 is 0 Å². The van der Waals surface area contributed by atoms with Gasteiger partial charge in [-0.1, -0.05) is 0 Å². The van der Waals surface area contributed by atoms with Crippen LogP contribution in [0.15, 0.2) is 6.20 Å². The van der Waals surface area contributed by atoms with Crippen molar-refractivity contribution in [3.63, 3.8) is 0 Å².